The van der Waals surface area contributed by atoms with Crippen LogP contribution in [0.25, 0.3) is 0 Å². The van der Waals surface area contributed by atoms with E-state index in [0.717, 1.165) is 0 Å². The summed E-state index contributed by atoms with van der Waals surface area (Å²) in [5.74, 6) is 0.128. The molecule has 0 aliphatic carbocycles. The van der Waals surface area contributed by atoms with Crippen molar-refractivity contribution in [3.8, 4) is 0 Å². The molecular formula is C11H22N2O2. The zero-order valence-electron chi connectivity index (χ0n) is 10.3. The summed E-state index contributed by atoms with van der Waals surface area (Å²) in [5, 5.41) is 12.9. The van der Waals surface area contributed by atoms with Crippen LogP contribution in [0.2, 0.25) is 0 Å². The molecule has 1 aliphatic rings. The van der Waals surface area contributed by atoms with Crippen LogP contribution in [0, 0.1) is 5.92 Å². The summed E-state index contributed by atoms with van der Waals surface area (Å²) < 4.78 is 0. The van der Waals surface area contributed by atoms with Crippen LogP contribution < -0.4 is 5.32 Å². The molecule has 1 aliphatic heterocycles. The second-order valence-corrected chi connectivity index (χ2v) is 5.82. The highest BCUT2D eigenvalue weighted by Gasteiger charge is 2.40. The summed E-state index contributed by atoms with van der Waals surface area (Å²) in [4.78, 5) is 13.5. The minimum absolute atomic E-state index is 0.0906. The van der Waals surface area contributed by atoms with Gasteiger partial charge in [-0.05, 0) is 27.7 Å². The topological polar surface area (TPSA) is 52.6 Å². The van der Waals surface area contributed by atoms with Crippen LogP contribution in [0.4, 0.5) is 4.79 Å². The van der Waals surface area contributed by atoms with Crippen LogP contribution >= 0.6 is 0 Å². The van der Waals surface area contributed by atoms with Gasteiger partial charge in [0, 0.05) is 18.0 Å². The fourth-order valence-electron chi connectivity index (χ4n) is 1.69. The van der Waals surface area contributed by atoms with Gasteiger partial charge in [0.25, 0.3) is 0 Å². The van der Waals surface area contributed by atoms with E-state index in [0.29, 0.717) is 13.1 Å². The largest absolute Gasteiger partial charge is 0.388 e. The maximum absolute atomic E-state index is 11.8. The van der Waals surface area contributed by atoms with Gasteiger partial charge in [0.2, 0.25) is 0 Å². The number of likely N-dealkylation sites (tertiary alicyclic amines) is 1. The van der Waals surface area contributed by atoms with Gasteiger partial charge in [0.1, 0.15) is 0 Å². The van der Waals surface area contributed by atoms with E-state index in [1.54, 1.807) is 11.8 Å². The Labute approximate surface area is 91.6 Å². The third kappa shape index (κ3) is 3.09. The zero-order chi connectivity index (χ0) is 11.9. The lowest BCUT2D eigenvalue weighted by Gasteiger charge is -2.26. The summed E-state index contributed by atoms with van der Waals surface area (Å²) in [7, 11) is 0. The number of amides is 2. The number of aliphatic hydroxyl groups is 1. The first-order chi connectivity index (χ1) is 6.62. The van der Waals surface area contributed by atoms with Crippen LogP contribution in [0.3, 0.4) is 0 Å². The Bertz CT molecular complexity index is 256. The Balaban J connectivity index is 2.58. The maximum atomic E-state index is 11.8. The van der Waals surface area contributed by atoms with Crippen molar-refractivity contribution in [1.29, 1.82) is 0 Å². The van der Waals surface area contributed by atoms with E-state index in [2.05, 4.69) is 5.32 Å². The average molecular weight is 214 g/mol. The summed E-state index contributed by atoms with van der Waals surface area (Å²) in [6.07, 6.45) is 0. The first-order valence-electron chi connectivity index (χ1n) is 5.41. The summed E-state index contributed by atoms with van der Waals surface area (Å²) in [5.41, 5.74) is -0.982. The van der Waals surface area contributed by atoms with E-state index in [1.165, 1.54) is 0 Å². The molecule has 2 N–H and O–H groups in total. The van der Waals surface area contributed by atoms with Crippen molar-refractivity contribution in [1.82, 2.24) is 10.2 Å². The van der Waals surface area contributed by atoms with E-state index in [1.807, 2.05) is 27.7 Å². The standard InChI is InChI=1S/C11H22N2O2/c1-8-6-13(7-11(8,5)15)9(14)12-10(2,3)4/h8,15H,6-7H2,1-5H3,(H,12,14)/t8-,11+/m1/s1. The summed E-state index contributed by atoms with van der Waals surface area (Å²) >= 11 is 0. The predicted molar refractivity (Wildman–Crippen MR) is 59.6 cm³/mol. The molecule has 0 radical (unpaired) electrons. The Morgan fingerprint density at radius 2 is 2.07 bits per heavy atom. The van der Waals surface area contributed by atoms with E-state index < -0.39 is 5.60 Å². The molecule has 0 aromatic heterocycles. The average Bonchev–Trinajstić information content (AvgIpc) is 2.23. The fraction of sp³-hybridized carbons (Fsp3) is 0.909. The predicted octanol–water partition coefficient (Wildman–Crippen LogP) is 1.20. The Morgan fingerprint density at radius 1 is 1.53 bits per heavy atom. The number of hydrogen-bond donors (Lipinski definition) is 2. The van der Waals surface area contributed by atoms with Crippen molar-refractivity contribution in [2.24, 2.45) is 5.92 Å². The lowest BCUT2D eigenvalue weighted by Crippen LogP contribution is -2.48. The first-order valence-corrected chi connectivity index (χ1v) is 5.41. The van der Waals surface area contributed by atoms with E-state index in [9.17, 15) is 9.90 Å². The molecule has 15 heavy (non-hydrogen) atoms. The van der Waals surface area contributed by atoms with E-state index >= 15 is 0 Å². The van der Waals surface area contributed by atoms with Gasteiger partial charge in [-0.15, -0.1) is 0 Å². The molecule has 4 nitrogen and oxygen atoms in total. The molecule has 1 saturated heterocycles. The molecule has 0 aromatic rings. The van der Waals surface area contributed by atoms with E-state index in [4.69, 9.17) is 0 Å². The van der Waals surface area contributed by atoms with Gasteiger partial charge in [0.05, 0.1) is 12.1 Å². The SMILES string of the molecule is C[C@@H]1CN(C(=O)NC(C)(C)C)C[C@]1(C)O. The van der Waals surface area contributed by atoms with E-state index in [-0.39, 0.29) is 17.5 Å². The second kappa shape index (κ2) is 3.67. The number of nitrogens with zero attached hydrogens (tertiary/aromatic N) is 1. The number of carbonyl (C=O) groups is 1. The highest BCUT2D eigenvalue weighted by Crippen LogP contribution is 2.26. The molecule has 1 fully saturated rings. The molecule has 88 valence electrons. The molecular weight excluding hydrogens is 192 g/mol. The molecule has 0 aromatic carbocycles. The smallest absolute Gasteiger partial charge is 0.317 e. The van der Waals surface area contributed by atoms with Gasteiger partial charge in [-0.3, -0.25) is 0 Å². The lowest BCUT2D eigenvalue weighted by atomic mass is 9.95. The van der Waals surface area contributed by atoms with Crippen LogP contribution in [0.15, 0.2) is 0 Å². The number of β-amino-alcohol motifs (C(OH)–C–C–N with tert-alkyl or cyclic N) is 1. The van der Waals surface area contributed by atoms with Gasteiger partial charge in [-0.1, -0.05) is 6.92 Å². The maximum Gasteiger partial charge on any atom is 0.317 e. The molecule has 4 heteroatoms. The molecule has 0 saturated carbocycles. The van der Waals surface area contributed by atoms with Crippen molar-refractivity contribution in [2.75, 3.05) is 13.1 Å². The minimum Gasteiger partial charge on any atom is -0.388 e. The molecule has 2 atom stereocenters. The quantitative estimate of drug-likeness (QED) is 0.636. The highest BCUT2D eigenvalue weighted by molar-refractivity contribution is 5.75. The van der Waals surface area contributed by atoms with Gasteiger partial charge in [-0.2, -0.15) is 0 Å². The van der Waals surface area contributed by atoms with Gasteiger partial charge in [0.15, 0.2) is 0 Å². The number of rotatable bonds is 0. The van der Waals surface area contributed by atoms with Crippen LogP contribution in [0.1, 0.15) is 34.6 Å². The molecule has 1 rings (SSSR count). The van der Waals surface area contributed by atoms with Crippen molar-refractivity contribution in [3.63, 3.8) is 0 Å². The van der Waals surface area contributed by atoms with Crippen LogP contribution in [-0.4, -0.2) is 40.3 Å². The number of hydrogen-bond acceptors (Lipinski definition) is 2. The van der Waals surface area contributed by atoms with Crippen LogP contribution in [0.5, 0.6) is 0 Å². The second-order valence-electron chi connectivity index (χ2n) is 5.82. The van der Waals surface area contributed by atoms with Crippen LogP contribution in [-0.2, 0) is 0 Å². The normalized spacial score (nSPS) is 31.9. The third-order valence-corrected chi connectivity index (χ3v) is 2.84. The van der Waals surface area contributed by atoms with Crippen molar-refractivity contribution < 1.29 is 9.90 Å². The Kier molecular flexibility index (Phi) is 3.01. The number of nitrogens with one attached hydrogen (secondary N) is 1. The molecule has 1 heterocycles. The summed E-state index contributed by atoms with van der Waals surface area (Å²) in [6.45, 7) is 10.6. The third-order valence-electron chi connectivity index (χ3n) is 2.84. The lowest BCUT2D eigenvalue weighted by molar-refractivity contribution is 0.0384. The summed E-state index contributed by atoms with van der Waals surface area (Å²) in [6, 6.07) is -0.0906. The fourth-order valence-corrected chi connectivity index (χ4v) is 1.69. The molecule has 0 spiro atoms. The van der Waals surface area contributed by atoms with Crippen molar-refractivity contribution in [2.45, 2.75) is 45.8 Å². The van der Waals surface area contributed by atoms with Gasteiger partial charge in [-0.25, -0.2) is 4.79 Å². The first kappa shape index (κ1) is 12.3. The van der Waals surface area contributed by atoms with Gasteiger partial charge >= 0.3 is 6.03 Å². The highest BCUT2D eigenvalue weighted by atomic mass is 16.3. The Morgan fingerprint density at radius 3 is 2.40 bits per heavy atom. The van der Waals surface area contributed by atoms with Crippen molar-refractivity contribution in [3.05, 3.63) is 0 Å². The van der Waals surface area contributed by atoms with Crippen molar-refractivity contribution >= 4 is 6.03 Å². The molecule has 0 bridgehead atoms. The minimum atomic E-state index is -0.755. The number of carbonyl (C=O) groups excluding carboxylic acids is 1. The van der Waals surface area contributed by atoms with Gasteiger partial charge < -0.3 is 15.3 Å². The Hall–Kier alpha value is -0.770. The molecule has 0 unspecified atom stereocenters. The number of urea groups is 1. The zero-order valence-corrected chi connectivity index (χ0v) is 10.3. The molecule has 2 amide bonds. The monoisotopic (exact) mass is 214 g/mol.